The number of aromatic amines is 1. The van der Waals surface area contributed by atoms with Crippen LogP contribution >= 0.6 is 0 Å². The lowest BCUT2D eigenvalue weighted by Crippen LogP contribution is -2.30. The van der Waals surface area contributed by atoms with Crippen LogP contribution in [-0.4, -0.2) is 34.7 Å². The van der Waals surface area contributed by atoms with E-state index < -0.39 is 0 Å². The lowest BCUT2D eigenvalue weighted by atomic mass is 10.1. The van der Waals surface area contributed by atoms with Crippen molar-refractivity contribution in [3.05, 3.63) is 89.7 Å². The Labute approximate surface area is 144 Å². The van der Waals surface area contributed by atoms with Gasteiger partial charge in [-0.3, -0.25) is 5.10 Å². The van der Waals surface area contributed by atoms with Crippen LogP contribution in [0.1, 0.15) is 16.7 Å². The van der Waals surface area contributed by atoms with E-state index in [1.165, 1.54) is 16.7 Å². The molecule has 0 amide bonds. The molecule has 0 bridgehead atoms. The van der Waals surface area contributed by atoms with Crippen molar-refractivity contribution in [2.24, 2.45) is 0 Å². The van der Waals surface area contributed by atoms with E-state index in [4.69, 9.17) is 0 Å². The molecular weight excluding hydrogens is 294 g/mol. The fraction of sp³-hybridized carbons (Fsp3) is 0.286. The number of nitrogens with zero attached hydrogens (tertiary/aromatic N) is 2. The summed E-state index contributed by atoms with van der Waals surface area (Å²) in [7, 11) is 0. The summed E-state index contributed by atoms with van der Waals surface area (Å²) in [6.07, 6.45) is 7.15. The second-order valence-corrected chi connectivity index (χ2v) is 6.17. The second kappa shape index (κ2) is 9.04. The van der Waals surface area contributed by atoms with Gasteiger partial charge in [0.2, 0.25) is 0 Å². The predicted octanol–water partition coefficient (Wildman–Crippen LogP) is 3.74. The lowest BCUT2D eigenvalue weighted by Gasteiger charge is -2.22. The van der Waals surface area contributed by atoms with Gasteiger partial charge in [-0.2, -0.15) is 5.10 Å². The first kappa shape index (κ1) is 16.5. The molecule has 0 saturated heterocycles. The molecule has 124 valence electrons. The van der Waals surface area contributed by atoms with Crippen LogP contribution in [0.2, 0.25) is 0 Å². The van der Waals surface area contributed by atoms with E-state index in [0.29, 0.717) is 0 Å². The number of rotatable bonds is 9. The van der Waals surface area contributed by atoms with E-state index in [1.807, 2.05) is 12.4 Å². The Morgan fingerprint density at radius 3 is 1.62 bits per heavy atom. The van der Waals surface area contributed by atoms with Gasteiger partial charge in [-0.15, -0.1) is 0 Å². The normalized spacial score (nSPS) is 11.0. The van der Waals surface area contributed by atoms with Crippen LogP contribution in [0.25, 0.3) is 0 Å². The first-order valence-electron chi connectivity index (χ1n) is 8.68. The smallest absolute Gasteiger partial charge is 0.0519 e. The summed E-state index contributed by atoms with van der Waals surface area (Å²) < 4.78 is 0. The molecule has 1 aromatic heterocycles. The van der Waals surface area contributed by atoms with E-state index in [2.05, 4.69) is 75.8 Å². The van der Waals surface area contributed by atoms with Gasteiger partial charge in [0.15, 0.2) is 0 Å². The molecule has 3 rings (SSSR count). The van der Waals surface area contributed by atoms with Crippen molar-refractivity contribution in [2.75, 3.05) is 19.6 Å². The highest BCUT2D eigenvalue weighted by Gasteiger charge is 2.07. The van der Waals surface area contributed by atoms with Crippen LogP contribution in [0.4, 0.5) is 0 Å². The average molecular weight is 319 g/mol. The zero-order valence-corrected chi connectivity index (χ0v) is 14.1. The van der Waals surface area contributed by atoms with Crippen LogP contribution in [0.5, 0.6) is 0 Å². The molecule has 3 aromatic rings. The molecule has 0 aliphatic heterocycles. The van der Waals surface area contributed by atoms with Gasteiger partial charge in [0.05, 0.1) is 6.20 Å². The van der Waals surface area contributed by atoms with Gasteiger partial charge in [0.25, 0.3) is 0 Å². The summed E-state index contributed by atoms with van der Waals surface area (Å²) in [6.45, 7) is 3.25. The minimum atomic E-state index is 1.04. The highest BCUT2D eigenvalue weighted by Crippen LogP contribution is 2.06. The van der Waals surface area contributed by atoms with Gasteiger partial charge in [-0.05, 0) is 36.0 Å². The Balaban J connectivity index is 1.54. The molecule has 2 aromatic carbocycles. The Kier molecular flexibility index (Phi) is 6.20. The molecule has 0 fully saturated rings. The fourth-order valence-electron chi connectivity index (χ4n) is 2.90. The largest absolute Gasteiger partial charge is 0.302 e. The van der Waals surface area contributed by atoms with Crippen LogP contribution in [0, 0.1) is 0 Å². The summed E-state index contributed by atoms with van der Waals surface area (Å²) in [5.41, 5.74) is 4.09. The average Bonchev–Trinajstić information content (AvgIpc) is 3.16. The third-order valence-electron chi connectivity index (χ3n) is 4.39. The van der Waals surface area contributed by atoms with E-state index >= 15 is 0 Å². The van der Waals surface area contributed by atoms with Gasteiger partial charge in [0.1, 0.15) is 0 Å². The molecule has 1 heterocycles. The number of benzene rings is 2. The number of H-pyrrole nitrogens is 1. The SMILES string of the molecule is c1ccc(CCN(CCc2ccccc2)CCc2cn[nH]c2)cc1. The van der Waals surface area contributed by atoms with Gasteiger partial charge in [-0.1, -0.05) is 60.7 Å². The fourth-order valence-corrected chi connectivity index (χ4v) is 2.90. The molecule has 3 heteroatoms. The monoisotopic (exact) mass is 319 g/mol. The minimum absolute atomic E-state index is 1.04. The summed E-state index contributed by atoms with van der Waals surface area (Å²) in [6, 6.07) is 21.5. The molecule has 0 unspecified atom stereocenters. The van der Waals surface area contributed by atoms with Gasteiger partial charge >= 0.3 is 0 Å². The van der Waals surface area contributed by atoms with E-state index in [9.17, 15) is 0 Å². The molecule has 0 saturated carbocycles. The third-order valence-corrected chi connectivity index (χ3v) is 4.39. The standard InChI is InChI=1S/C21H25N3/c1-3-7-19(8-4-1)11-14-24(16-13-21-17-22-23-18-21)15-12-20-9-5-2-6-10-20/h1-10,17-18H,11-16H2,(H,22,23). The van der Waals surface area contributed by atoms with Crippen molar-refractivity contribution < 1.29 is 0 Å². The van der Waals surface area contributed by atoms with E-state index in [-0.39, 0.29) is 0 Å². The summed E-state index contributed by atoms with van der Waals surface area (Å²) >= 11 is 0. The Bertz CT molecular complexity index is 634. The molecule has 0 atom stereocenters. The Hall–Kier alpha value is -2.39. The first-order valence-corrected chi connectivity index (χ1v) is 8.68. The van der Waals surface area contributed by atoms with Gasteiger partial charge in [-0.25, -0.2) is 0 Å². The van der Waals surface area contributed by atoms with Crippen LogP contribution in [-0.2, 0) is 19.3 Å². The molecule has 3 nitrogen and oxygen atoms in total. The van der Waals surface area contributed by atoms with Crippen molar-refractivity contribution in [2.45, 2.75) is 19.3 Å². The number of hydrogen-bond donors (Lipinski definition) is 1. The molecule has 24 heavy (non-hydrogen) atoms. The maximum atomic E-state index is 4.04. The molecule has 0 aliphatic rings. The molecular formula is C21H25N3. The Morgan fingerprint density at radius 1 is 0.667 bits per heavy atom. The molecule has 0 radical (unpaired) electrons. The predicted molar refractivity (Wildman–Crippen MR) is 99.0 cm³/mol. The van der Waals surface area contributed by atoms with Crippen molar-refractivity contribution in [1.29, 1.82) is 0 Å². The molecule has 0 aliphatic carbocycles. The van der Waals surface area contributed by atoms with Crippen molar-refractivity contribution >= 4 is 0 Å². The highest BCUT2D eigenvalue weighted by atomic mass is 15.1. The summed E-state index contributed by atoms with van der Waals surface area (Å²) in [5, 5.41) is 6.94. The van der Waals surface area contributed by atoms with Crippen LogP contribution in [0.3, 0.4) is 0 Å². The van der Waals surface area contributed by atoms with E-state index in [1.54, 1.807) is 0 Å². The lowest BCUT2D eigenvalue weighted by molar-refractivity contribution is 0.284. The van der Waals surface area contributed by atoms with Crippen LogP contribution < -0.4 is 0 Å². The van der Waals surface area contributed by atoms with Crippen molar-refractivity contribution in [3.8, 4) is 0 Å². The zero-order valence-electron chi connectivity index (χ0n) is 14.1. The third kappa shape index (κ3) is 5.36. The minimum Gasteiger partial charge on any atom is -0.302 e. The topological polar surface area (TPSA) is 31.9 Å². The molecule has 1 N–H and O–H groups in total. The van der Waals surface area contributed by atoms with Crippen molar-refractivity contribution in [3.63, 3.8) is 0 Å². The summed E-state index contributed by atoms with van der Waals surface area (Å²) in [5.74, 6) is 0. The van der Waals surface area contributed by atoms with Gasteiger partial charge < -0.3 is 4.90 Å². The quantitative estimate of drug-likeness (QED) is 0.651. The zero-order chi connectivity index (χ0) is 16.5. The first-order chi connectivity index (χ1) is 11.9. The van der Waals surface area contributed by atoms with Crippen molar-refractivity contribution in [1.82, 2.24) is 15.1 Å². The second-order valence-electron chi connectivity index (χ2n) is 6.17. The summed E-state index contributed by atoms with van der Waals surface area (Å²) in [4.78, 5) is 2.56. The van der Waals surface area contributed by atoms with Crippen LogP contribution in [0.15, 0.2) is 73.1 Å². The highest BCUT2D eigenvalue weighted by molar-refractivity contribution is 5.16. The van der Waals surface area contributed by atoms with Gasteiger partial charge in [0, 0.05) is 25.8 Å². The Morgan fingerprint density at radius 2 is 1.17 bits per heavy atom. The number of hydrogen-bond acceptors (Lipinski definition) is 2. The maximum Gasteiger partial charge on any atom is 0.0519 e. The maximum absolute atomic E-state index is 4.04. The number of aromatic nitrogens is 2. The van der Waals surface area contributed by atoms with E-state index in [0.717, 1.165) is 38.9 Å². The number of nitrogens with one attached hydrogen (secondary N) is 1. The molecule has 0 spiro atoms.